The molecule has 0 heterocycles. The number of amides is 3. The second kappa shape index (κ2) is 7.38. The quantitative estimate of drug-likeness (QED) is 0.618. The molecule has 0 spiro atoms. The van der Waals surface area contributed by atoms with Crippen molar-refractivity contribution in [3.05, 3.63) is 29.8 Å². The molecule has 1 aromatic rings. The lowest BCUT2D eigenvalue weighted by Gasteiger charge is -2.11. The monoisotopic (exact) mass is 265 g/mol. The number of urea groups is 1. The van der Waals surface area contributed by atoms with Gasteiger partial charge in [-0.1, -0.05) is 13.3 Å². The van der Waals surface area contributed by atoms with E-state index in [9.17, 15) is 14.7 Å². The summed E-state index contributed by atoms with van der Waals surface area (Å²) in [7, 11) is 0. The third-order valence-electron chi connectivity index (χ3n) is 2.53. The number of anilines is 1. The summed E-state index contributed by atoms with van der Waals surface area (Å²) >= 11 is 0. The SMILES string of the molecule is CCCC(O)CNC(=O)c1ccc(NC(N)=O)cc1. The van der Waals surface area contributed by atoms with Crippen LogP contribution in [0.4, 0.5) is 10.5 Å². The zero-order chi connectivity index (χ0) is 14.3. The molecule has 5 N–H and O–H groups in total. The van der Waals surface area contributed by atoms with E-state index in [1.165, 1.54) is 0 Å². The Kier molecular flexibility index (Phi) is 5.81. The van der Waals surface area contributed by atoms with Crippen LogP contribution in [0.15, 0.2) is 24.3 Å². The van der Waals surface area contributed by atoms with Gasteiger partial charge in [0, 0.05) is 17.8 Å². The van der Waals surface area contributed by atoms with Gasteiger partial charge in [0.1, 0.15) is 0 Å². The van der Waals surface area contributed by atoms with Gasteiger partial charge in [0.05, 0.1) is 6.10 Å². The number of carbonyl (C=O) groups excluding carboxylic acids is 2. The number of aliphatic hydroxyl groups is 1. The fourth-order valence-electron chi connectivity index (χ4n) is 1.60. The van der Waals surface area contributed by atoms with Gasteiger partial charge in [0.25, 0.3) is 5.91 Å². The minimum absolute atomic E-state index is 0.230. The summed E-state index contributed by atoms with van der Waals surface area (Å²) in [6, 6.07) is 5.67. The Morgan fingerprint density at radius 3 is 2.47 bits per heavy atom. The number of aliphatic hydroxyl groups excluding tert-OH is 1. The highest BCUT2D eigenvalue weighted by Crippen LogP contribution is 2.09. The molecule has 6 nitrogen and oxygen atoms in total. The molecule has 0 fully saturated rings. The van der Waals surface area contributed by atoms with Gasteiger partial charge in [-0.05, 0) is 30.7 Å². The molecule has 0 radical (unpaired) electrons. The van der Waals surface area contributed by atoms with Gasteiger partial charge in [-0.25, -0.2) is 4.79 Å². The Labute approximate surface area is 112 Å². The maximum atomic E-state index is 11.8. The van der Waals surface area contributed by atoms with E-state index in [1.807, 2.05) is 6.92 Å². The highest BCUT2D eigenvalue weighted by atomic mass is 16.3. The number of benzene rings is 1. The third-order valence-corrected chi connectivity index (χ3v) is 2.53. The van der Waals surface area contributed by atoms with E-state index in [-0.39, 0.29) is 12.5 Å². The molecule has 0 aliphatic heterocycles. The Bertz CT molecular complexity index is 431. The molecule has 6 heteroatoms. The largest absolute Gasteiger partial charge is 0.391 e. The number of primary amides is 1. The van der Waals surface area contributed by atoms with Crippen molar-refractivity contribution in [1.29, 1.82) is 0 Å². The molecule has 0 aromatic heterocycles. The van der Waals surface area contributed by atoms with Crippen molar-refractivity contribution in [1.82, 2.24) is 5.32 Å². The first-order valence-corrected chi connectivity index (χ1v) is 6.15. The molecule has 104 valence electrons. The normalized spacial score (nSPS) is 11.7. The van der Waals surface area contributed by atoms with Crippen LogP contribution in [-0.4, -0.2) is 29.7 Å². The average molecular weight is 265 g/mol. The van der Waals surface area contributed by atoms with Crippen LogP contribution in [0.1, 0.15) is 30.1 Å². The molecule has 0 saturated heterocycles. The molecule has 0 bridgehead atoms. The Morgan fingerprint density at radius 1 is 1.32 bits per heavy atom. The molecule has 3 amide bonds. The fraction of sp³-hybridized carbons (Fsp3) is 0.385. The van der Waals surface area contributed by atoms with E-state index in [2.05, 4.69) is 10.6 Å². The first kappa shape index (κ1) is 15.0. The standard InChI is InChI=1S/C13H19N3O3/c1-2-3-11(17)8-15-12(18)9-4-6-10(7-5-9)16-13(14)19/h4-7,11,17H,2-3,8H2,1H3,(H,15,18)(H3,14,16,19). The Balaban J connectivity index is 2.51. The minimum Gasteiger partial charge on any atom is -0.391 e. The zero-order valence-electron chi connectivity index (χ0n) is 10.8. The highest BCUT2D eigenvalue weighted by molar-refractivity contribution is 5.95. The topological polar surface area (TPSA) is 104 Å². The zero-order valence-corrected chi connectivity index (χ0v) is 10.8. The van der Waals surface area contributed by atoms with Crippen molar-refractivity contribution < 1.29 is 14.7 Å². The number of rotatable bonds is 6. The number of nitrogens with one attached hydrogen (secondary N) is 2. The van der Waals surface area contributed by atoms with E-state index in [0.29, 0.717) is 17.7 Å². The molecule has 0 aliphatic carbocycles. The number of carbonyl (C=O) groups is 2. The maximum absolute atomic E-state index is 11.8. The summed E-state index contributed by atoms with van der Waals surface area (Å²) in [5.74, 6) is -0.263. The van der Waals surface area contributed by atoms with Crippen molar-refractivity contribution in [2.45, 2.75) is 25.9 Å². The maximum Gasteiger partial charge on any atom is 0.316 e. The molecule has 1 unspecified atom stereocenters. The van der Waals surface area contributed by atoms with Crippen LogP contribution < -0.4 is 16.4 Å². The number of hydrogen-bond donors (Lipinski definition) is 4. The van der Waals surface area contributed by atoms with Gasteiger partial charge in [-0.3, -0.25) is 4.79 Å². The van der Waals surface area contributed by atoms with Crippen molar-refractivity contribution in [3.63, 3.8) is 0 Å². The molecular weight excluding hydrogens is 246 g/mol. The predicted molar refractivity (Wildman–Crippen MR) is 72.9 cm³/mol. The van der Waals surface area contributed by atoms with Crippen LogP contribution in [0.5, 0.6) is 0 Å². The van der Waals surface area contributed by atoms with E-state index in [4.69, 9.17) is 5.73 Å². The molecular formula is C13H19N3O3. The minimum atomic E-state index is -0.653. The van der Waals surface area contributed by atoms with Gasteiger partial charge >= 0.3 is 6.03 Å². The van der Waals surface area contributed by atoms with E-state index in [0.717, 1.165) is 6.42 Å². The van der Waals surface area contributed by atoms with Gasteiger partial charge in [0.15, 0.2) is 0 Å². The van der Waals surface area contributed by atoms with Gasteiger partial charge in [0.2, 0.25) is 0 Å². The van der Waals surface area contributed by atoms with E-state index in [1.54, 1.807) is 24.3 Å². The molecule has 19 heavy (non-hydrogen) atoms. The van der Waals surface area contributed by atoms with Gasteiger partial charge in [-0.2, -0.15) is 0 Å². The molecule has 1 aromatic carbocycles. The molecule has 0 aliphatic rings. The smallest absolute Gasteiger partial charge is 0.316 e. The lowest BCUT2D eigenvalue weighted by Crippen LogP contribution is -2.32. The average Bonchev–Trinajstić information content (AvgIpc) is 2.36. The summed E-state index contributed by atoms with van der Waals surface area (Å²) in [5.41, 5.74) is 5.96. The molecule has 0 saturated carbocycles. The summed E-state index contributed by atoms with van der Waals surface area (Å²) in [6.45, 7) is 2.20. The second-order valence-electron chi connectivity index (χ2n) is 4.22. The number of nitrogens with two attached hydrogens (primary N) is 1. The first-order chi connectivity index (χ1) is 9.02. The van der Waals surface area contributed by atoms with Crippen molar-refractivity contribution in [2.24, 2.45) is 5.73 Å². The van der Waals surface area contributed by atoms with Crippen molar-refractivity contribution in [3.8, 4) is 0 Å². The number of hydrogen-bond acceptors (Lipinski definition) is 3. The van der Waals surface area contributed by atoms with Crippen LogP contribution >= 0.6 is 0 Å². The Morgan fingerprint density at radius 2 is 1.95 bits per heavy atom. The summed E-state index contributed by atoms with van der Waals surface area (Å²) in [5, 5.41) is 14.6. The first-order valence-electron chi connectivity index (χ1n) is 6.15. The predicted octanol–water partition coefficient (Wildman–Crippen LogP) is 1.07. The summed E-state index contributed by atoms with van der Waals surface area (Å²) < 4.78 is 0. The Hall–Kier alpha value is -2.08. The fourth-order valence-corrected chi connectivity index (χ4v) is 1.60. The van der Waals surface area contributed by atoms with Gasteiger partial charge in [-0.15, -0.1) is 0 Å². The lowest BCUT2D eigenvalue weighted by molar-refractivity contribution is 0.0910. The summed E-state index contributed by atoms with van der Waals surface area (Å²) in [6.07, 6.45) is 0.997. The van der Waals surface area contributed by atoms with Crippen LogP contribution in [0.3, 0.4) is 0 Å². The van der Waals surface area contributed by atoms with Gasteiger partial charge < -0.3 is 21.5 Å². The van der Waals surface area contributed by atoms with Crippen molar-refractivity contribution >= 4 is 17.6 Å². The van der Waals surface area contributed by atoms with E-state index < -0.39 is 12.1 Å². The van der Waals surface area contributed by atoms with Crippen LogP contribution in [0.2, 0.25) is 0 Å². The van der Waals surface area contributed by atoms with E-state index >= 15 is 0 Å². The van der Waals surface area contributed by atoms with Crippen LogP contribution in [0.25, 0.3) is 0 Å². The van der Waals surface area contributed by atoms with Crippen LogP contribution in [0, 0.1) is 0 Å². The molecule has 1 atom stereocenters. The van der Waals surface area contributed by atoms with Crippen LogP contribution in [-0.2, 0) is 0 Å². The molecule has 1 rings (SSSR count). The third kappa shape index (κ3) is 5.39. The lowest BCUT2D eigenvalue weighted by atomic mass is 10.1. The second-order valence-corrected chi connectivity index (χ2v) is 4.22. The van der Waals surface area contributed by atoms with Crippen molar-refractivity contribution in [2.75, 3.05) is 11.9 Å². The summed E-state index contributed by atoms with van der Waals surface area (Å²) in [4.78, 5) is 22.4. The highest BCUT2D eigenvalue weighted by Gasteiger charge is 2.08.